The summed E-state index contributed by atoms with van der Waals surface area (Å²) in [6, 6.07) is 5.25. The maximum atomic E-state index is 12.1. The van der Waals surface area contributed by atoms with Crippen LogP contribution in [0.4, 0.5) is 5.69 Å². The molecule has 0 radical (unpaired) electrons. The number of nitrogen functional groups attached to an aromatic ring is 1. The molecule has 2 aromatic heterocycles. The van der Waals surface area contributed by atoms with Gasteiger partial charge in [-0.15, -0.1) is 0 Å². The van der Waals surface area contributed by atoms with E-state index in [1.54, 1.807) is 31.3 Å². The van der Waals surface area contributed by atoms with Crippen LogP contribution in [-0.4, -0.2) is 32.6 Å². The van der Waals surface area contributed by atoms with Gasteiger partial charge in [-0.3, -0.25) is 0 Å². The van der Waals surface area contributed by atoms with Crippen LogP contribution in [-0.2, 0) is 11.3 Å². The molecule has 4 N–H and O–H groups in total. The number of aliphatic hydroxyl groups excluding tert-OH is 1. The second kappa shape index (κ2) is 6.05. The number of nitrogens with zero attached hydrogens (tertiary/aromatic N) is 2. The van der Waals surface area contributed by atoms with Crippen molar-refractivity contribution in [3.05, 3.63) is 41.9 Å². The fourth-order valence-electron chi connectivity index (χ4n) is 2.44. The zero-order chi connectivity index (χ0) is 16.4. The number of anilines is 1. The number of rotatable bonds is 4. The molecule has 7 heteroatoms. The smallest absolute Gasteiger partial charge is 0.340 e. The summed E-state index contributed by atoms with van der Waals surface area (Å²) >= 11 is 0. The number of hydrogen-bond donors (Lipinski definition) is 3. The number of benzene rings is 1. The minimum absolute atomic E-state index is 0.135. The summed E-state index contributed by atoms with van der Waals surface area (Å²) in [6.45, 7) is 1.90. The van der Waals surface area contributed by atoms with Crippen LogP contribution in [0.2, 0.25) is 0 Å². The van der Waals surface area contributed by atoms with Gasteiger partial charge in [-0.05, 0) is 13.0 Å². The normalized spacial score (nSPS) is 10.9. The maximum absolute atomic E-state index is 12.1. The summed E-state index contributed by atoms with van der Waals surface area (Å²) < 4.78 is 5.07. The predicted octanol–water partition coefficient (Wildman–Crippen LogP) is 1.88. The first-order valence-electron chi connectivity index (χ1n) is 7.14. The average Bonchev–Trinajstić information content (AvgIpc) is 2.99. The van der Waals surface area contributed by atoms with Gasteiger partial charge in [-0.2, -0.15) is 0 Å². The third-order valence-corrected chi connectivity index (χ3v) is 3.55. The van der Waals surface area contributed by atoms with Crippen LogP contribution in [0.5, 0.6) is 0 Å². The highest BCUT2D eigenvalue weighted by Crippen LogP contribution is 2.30. The lowest BCUT2D eigenvalue weighted by Crippen LogP contribution is -2.04. The Morgan fingerprint density at radius 3 is 2.91 bits per heavy atom. The number of aromatic amines is 1. The molecular weight excluding hydrogens is 296 g/mol. The minimum atomic E-state index is -0.435. The van der Waals surface area contributed by atoms with Crippen molar-refractivity contribution in [3.63, 3.8) is 0 Å². The van der Waals surface area contributed by atoms with Crippen molar-refractivity contribution in [2.75, 3.05) is 12.3 Å². The standard InChI is InChI=1S/C16H16N4O3/c1-2-23-16(22)11-6-18-15-13(11)14(19-8-20-15)9-3-4-10(7-21)12(17)5-9/h3-6,8,21H,2,7,17H2,1H3,(H,18,19,20). The molecule has 1 aromatic carbocycles. The van der Waals surface area contributed by atoms with Gasteiger partial charge in [0.1, 0.15) is 12.0 Å². The molecule has 0 fully saturated rings. The van der Waals surface area contributed by atoms with Crippen molar-refractivity contribution < 1.29 is 14.6 Å². The van der Waals surface area contributed by atoms with Gasteiger partial charge in [0.2, 0.25) is 0 Å². The number of fused-ring (bicyclic) bond motifs is 1. The Balaban J connectivity index is 2.19. The molecule has 0 atom stereocenters. The molecular formula is C16H16N4O3. The van der Waals surface area contributed by atoms with Crippen LogP contribution in [0.1, 0.15) is 22.8 Å². The van der Waals surface area contributed by atoms with Gasteiger partial charge in [0, 0.05) is 23.0 Å². The summed E-state index contributed by atoms with van der Waals surface area (Å²) in [5.74, 6) is -0.435. The molecule has 0 amide bonds. The third kappa shape index (κ3) is 2.62. The molecule has 0 saturated carbocycles. The summed E-state index contributed by atoms with van der Waals surface area (Å²) in [5, 5.41) is 9.81. The Bertz CT molecular complexity index is 873. The van der Waals surface area contributed by atoms with E-state index in [2.05, 4.69) is 15.0 Å². The van der Waals surface area contributed by atoms with Crippen molar-refractivity contribution in [2.45, 2.75) is 13.5 Å². The molecule has 0 aliphatic carbocycles. The van der Waals surface area contributed by atoms with Gasteiger partial charge < -0.3 is 20.6 Å². The van der Waals surface area contributed by atoms with Crippen LogP contribution in [0.15, 0.2) is 30.7 Å². The number of ether oxygens (including phenoxy) is 1. The molecule has 118 valence electrons. The van der Waals surface area contributed by atoms with E-state index in [0.717, 1.165) is 5.56 Å². The SMILES string of the molecule is CCOC(=O)c1c[nH]c2ncnc(-c3ccc(CO)c(N)c3)c12. The van der Waals surface area contributed by atoms with Gasteiger partial charge >= 0.3 is 5.97 Å². The van der Waals surface area contributed by atoms with Gasteiger partial charge in [-0.25, -0.2) is 14.8 Å². The van der Waals surface area contributed by atoms with E-state index in [-0.39, 0.29) is 13.2 Å². The van der Waals surface area contributed by atoms with Gasteiger partial charge in [0.05, 0.1) is 29.9 Å². The van der Waals surface area contributed by atoms with Crippen LogP contribution in [0, 0.1) is 0 Å². The van der Waals surface area contributed by atoms with Crippen LogP contribution >= 0.6 is 0 Å². The quantitative estimate of drug-likeness (QED) is 0.500. The van der Waals surface area contributed by atoms with E-state index in [1.165, 1.54) is 6.33 Å². The second-order valence-electron chi connectivity index (χ2n) is 4.94. The number of carbonyl (C=O) groups is 1. The minimum Gasteiger partial charge on any atom is -0.462 e. The van der Waals surface area contributed by atoms with Gasteiger partial charge in [-0.1, -0.05) is 12.1 Å². The molecule has 3 aromatic rings. The largest absolute Gasteiger partial charge is 0.462 e. The first-order chi connectivity index (χ1) is 11.2. The number of nitrogens with one attached hydrogen (secondary N) is 1. The van der Waals surface area contributed by atoms with E-state index in [4.69, 9.17) is 10.5 Å². The summed E-state index contributed by atoms with van der Waals surface area (Å²) in [4.78, 5) is 23.5. The lowest BCUT2D eigenvalue weighted by Gasteiger charge is -2.08. The Labute approximate surface area is 132 Å². The number of carbonyl (C=O) groups excluding carboxylic acids is 1. The van der Waals surface area contributed by atoms with Crippen molar-refractivity contribution in [3.8, 4) is 11.3 Å². The Hall–Kier alpha value is -2.93. The zero-order valence-electron chi connectivity index (χ0n) is 12.5. The third-order valence-electron chi connectivity index (χ3n) is 3.55. The first-order valence-corrected chi connectivity index (χ1v) is 7.14. The molecule has 3 rings (SSSR count). The molecule has 0 spiro atoms. The highest BCUT2D eigenvalue weighted by atomic mass is 16.5. The first kappa shape index (κ1) is 15.0. The topological polar surface area (TPSA) is 114 Å². The Morgan fingerprint density at radius 2 is 2.22 bits per heavy atom. The molecule has 0 aliphatic rings. The Morgan fingerprint density at radius 1 is 1.39 bits per heavy atom. The van der Waals surface area contributed by atoms with Crippen LogP contribution in [0.3, 0.4) is 0 Å². The number of esters is 1. The number of hydrogen-bond acceptors (Lipinski definition) is 6. The van der Waals surface area contributed by atoms with E-state index in [1.807, 2.05) is 0 Å². The summed E-state index contributed by atoms with van der Waals surface area (Å²) in [7, 11) is 0. The highest BCUT2D eigenvalue weighted by molar-refractivity contribution is 6.08. The second-order valence-corrected chi connectivity index (χ2v) is 4.94. The summed E-state index contributed by atoms with van der Waals surface area (Å²) in [6.07, 6.45) is 2.98. The predicted molar refractivity (Wildman–Crippen MR) is 85.6 cm³/mol. The van der Waals surface area contributed by atoms with E-state index in [0.29, 0.717) is 33.5 Å². The van der Waals surface area contributed by atoms with E-state index < -0.39 is 5.97 Å². The van der Waals surface area contributed by atoms with E-state index in [9.17, 15) is 9.90 Å². The van der Waals surface area contributed by atoms with Crippen LogP contribution in [0.25, 0.3) is 22.3 Å². The fourth-order valence-corrected chi connectivity index (χ4v) is 2.44. The average molecular weight is 312 g/mol. The van der Waals surface area contributed by atoms with E-state index >= 15 is 0 Å². The zero-order valence-corrected chi connectivity index (χ0v) is 12.5. The molecule has 0 saturated heterocycles. The van der Waals surface area contributed by atoms with Gasteiger partial charge in [0.25, 0.3) is 0 Å². The lowest BCUT2D eigenvalue weighted by molar-refractivity contribution is 0.0528. The van der Waals surface area contributed by atoms with Crippen molar-refractivity contribution in [1.29, 1.82) is 0 Å². The molecule has 23 heavy (non-hydrogen) atoms. The van der Waals surface area contributed by atoms with Gasteiger partial charge in [0.15, 0.2) is 0 Å². The fraction of sp³-hybridized carbons (Fsp3) is 0.188. The maximum Gasteiger partial charge on any atom is 0.340 e. The number of H-pyrrole nitrogens is 1. The molecule has 7 nitrogen and oxygen atoms in total. The number of aromatic nitrogens is 3. The van der Waals surface area contributed by atoms with Crippen molar-refractivity contribution in [2.24, 2.45) is 0 Å². The highest BCUT2D eigenvalue weighted by Gasteiger charge is 2.19. The monoisotopic (exact) mass is 312 g/mol. The van der Waals surface area contributed by atoms with Crippen molar-refractivity contribution in [1.82, 2.24) is 15.0 Å². The lowest BCUT2D eigenvalue weighted by atomic mass is 10.0. The van der Waals surface area contributed by atoms with Crippen molar-refractivity contribution >= 4 is 22.7 Å². The molecule has 0 aliphatic heterocycles. The number of aliphatic hydroxyl groups is 1. The molecule has 0 unspecified atom stereocenters. The Kier molecular flexibility index (Phi) is 3.94. The van der Waals surface area contributed by atoms with Crippen LogP contribution < -0.4 is 5.73 Å². The summed E-state index contributed by atoms with van der Waals surface area (Å²) in [5.41, 5.74) is 9.27. The molecule has 2 heterocycles. The molecule has 0 bridgehead atoms. The number of nitrogens with two attached hydrogens (primary N) is 1.